The highest BCUT2D eigenvalue weighted by molar-refractivity contribution is 6.74. The van der Waals surface area contributed by atoms with Gasteiger partial charge in [0.1, 0.15) is 0 Å². The van der Waals surface area contributed by atoms with Crippen molar-refractivity contribution in [3.05, 3.63) is 12.7 Å². The standard InChI is InChI=1S/C18H34O3Si/c1-9-18(20)10-13(21-22(7,8)16(2,3)4)15-14(12(18)11-19)17(15,5)6/h9,12-15,19-20H,1,10-11H2,2-8H3/t12-,13+,14-,15+,18+/m0/s1. The van der Waals surface area contributed by atoms with E-state index in [1.165, 1.54) is 0 Å². The molecule has 3 nitrogen and oxygen atoms in total. The van der Waals surface area contributed by atoms with Crippen LogP contribution in [0, 0.1) is 23.2 Å². The molecule has 0 heterocycles. The lowest BCUT2D eigenvalue weighted by molar-refractivity contribution is -0.0715. The van der Waals surface area contributed by atoms with Crippen LogP contribution in [0.25, 0.3) is 0 Å². The average Bonchev–Trinajstić information content (AvgIpc) is 2.91. The molecule has 2 aliphatic carbocycles. The van der Waals surface area contributed by atoms with Crippen LogP contribution in [0.1, 0.15) is 41.0 Å². The smallest absolute Gasteiger partial charge is 0.192 e. The SMILES string of the molecule is C=C[C@@]1(O)C[C@@H](O[Si](C)(C)C(C)(C)C)[C@@H]2[C@H]([C@@H]1CO)C2(C)C. The molecule has 2 fully saturated rings. The molecule has 0 spiro atoms. The zero-order chi connectivity index (χ0) is 17.1. The normalized spacial score (nSPS) is 41.0. The fourth-order valence-electron chi connectivity index (χ4n) is 4.29. The first-order chi connectivity index (χ1) is 9.82. The predicted octanol–water partition coefficient (Wildman–Crippen LogP) is 3.58. The molecule has 2 N–H and O–H groups in total. The first kappa shape index (κ1) is 18.2. The molecule has 5 atom stereocenters. The first-order valence-electron chi connectivity index (χ1n) is 8.46. The van der Waals surface area contributed by atoms with E-state index in [4.69, 9.17) is 4.43 Å². The summed E-state index contributed by atoms with van der Waals surface area (Å²) in [5.41, 5.74) is -0.898. The third-order valence-electron chi connectivity index (χ3n) is 6.80. The molecule has 0 unspecified atom stereocenters. The van der Waals surface area contributed by atoms with Gasteiger partial charge in [-0.1, -0.05) is 40.7 Å². The molecule has 0 radical (unpaired) electrons. The van der Waals surface area contributed by atoms with Gasteiger partial charge in [-0.25, -0.2) is 0 Å². The van der Waals surface area contributed by atoms with Crippen molar-refractivity contribution in [2.45, 2.75) is 70.9 Å². The Bertz CT molecular complexity index is 452. The topological polar surface area (TPSA) is 49.7 Å². The maximum Gasteiger partial charge on any atom is 0.192 e. The highest BCUT2D eigenvalue weighted by Gasteiger charge is 2.70. The molecule has 4 heteroatoms. The Kier molecular flexibility index (Phi) is 4.27. The molecular weight excluding hydrogens is 292 g/mol. The Morgan fingerprint density at radius 3 is 2.23 bits per heavy atom. The zero-order valence-electron chi connectivity index (χ0n) is 15.3. The van der Waals surface area contributed by atoms with Gasteiger partial charge in [-0.15, -0.1) is 6.58 Å². The van der Waals surface area contributed by atoms with Crippen molar-refractivity contribution in [2.75, 3.05) is 6.61 Å². The minimum atomic E-state index is -1.89. The van der Waals surface area contributed by atoms with E-state index >= 15 is 0 Å². The molecule has 0 aromatic heterocycles. The number of fused-ring (bicyclic) bond motifs is 1. The minimum absolute atomic E-state index is 0.0138. The maximum absolute atomic E-state index is 11.0. The minimum Gasteiger partial charge on any atom is -0.414 e. The molecule has 0 aromatic rings. The Hall–Kier alpha value is -0.163. The molecule has 0 amide bonds. The van der Waals surface area contributed by atoms with Gasteiger partial charge in [-0.3, -0.25) is 0 Å². The number of hydrogen-bond acceptors (Lipinski definition) is 3. The van der Waals surface area contributed by atoms with Crippen LogP contribution in [-0.4, -0.2) is 36.8 Å². The summed E-state index contributed by atoms with van der Waals surface area (Å²) in [6.07, 6.45) is 2.24. The van der Waals surface area contributed by atoms with Crippen molar-refractivity contribution in [2.24, 2.45) is 23.2 Å². The summed E-state index contributed by atoms with van der Waals surface area (Å²) in [5, 5.41) is 20.9. The van der Waals surface area contributed by atoms with E-state index < -0.39 is 13.9 Å². The van der Waals surface area contributed by atoms with Gasteiger partial charge in [0.25, 0.3) is 0 Å². The van der Waals surface area contributed by atoms with Crippen LogP contribution in [0.5, 0.6) is 0 Å². The van der Waals surface area contributed by atoms with Crippen LogP contribution in [0.3, 0.4) is 0 Å². The van der Waals surface area contributed by atoms with Crippen LogP contribution in [-0.2, 0) is 4.43 Å². The lowest BCUT2D eigenvalue weighted by Crippen LogP contribution is -2.52. The molecule has 0 aliphatic heterocycles. The van der Waals surface area contributed by atoms with E-state index in [1.54, 1.807) is 6.08 Å². The van der Waals surface area contributed by atoms with Crippen molar-refractivity contribution < 1.29 is 14.6 Å². The van der Waals surface area contributed by atoms with Gasteiger partial charge in [0.05, 0.1) is 11.7 Å². The van der Waals surface area contributed by atoms with Crippen molar-refractivity contribution in [3.63, 3.8) is 0 Å². The van der Waals surface area contributed by atoms with Crippen molar-refractivity contribution in [3.8, 4) is 0 Å². The van der Waals surface area contributed by atoms with Gasteiger partial charge in [0, 0.05) is 18.9 Å². The van der Waals surface area contributed by atoms with E-state index in [0.717, 1.165) is 0 Å². The monoisotopic (exact) mass is 326 g/mol. The first-order valence-corrected chi connectivity index (χ1v) is 11.4. The van der Waals surface area contributed by atoms with Gasteiger partial charge in [-0.2, -0.15) is 0 Å². The summed E-state index contributed by atoms with van der Waals surface area (Å²) >= 11 is 0. The fourth-order valence-corrected chi connectivity index (χ4v) is 5.63. The molecule has 2 saturated carbocycles. The average molecular weight is 327 g/mol. The van der Waals surface area contributed by atoms with Gasteiger partial charge >= 0.3 is 0 Å². The van der Waals surface area contributed by atoms with Crippen LogP contribution >= 0.6 is 0 Å². The number of hydrogen-bond donors (Lipinski definition) is 2. The molecule has 22 heavy (non-hydrogen) atoms. The number of aliphatic hydroxyl groups excluding tert-OH is 1. The summed E-state index contributed by atoms with van der Waals surface area (Å²) in [6, 6.07) is 0. The van der Waals surface area contributed by atoms with Crippen molar-refractivity contribution in [1.82, 2.24) is 0 Å². The number of aliphatic hydroxyl groups is 2. The van der Waals surface area contributed by atoms with E-state index in [0.29, 0.717) is 18.3 Å². The summed E-state index contributed by atoms with van der Waals surface area (Å²) in [4.78, 5) is 0. The molecular formula is C18H34O3Si. The highest BCUT2D eigenvalue weighted by atomic mass is 28.4. The van der Waals surface area contributed by atoms with Crippen LogP contribution in [0.4, 0.5) is 0 Å². The Morgan fingerprint density at radius 2 is 1.82 bits per heavy atom. The Morgan fingerprint density at radius 1 is 1.27 bits per heavy atom. The number of rotatable bonds is 4. The summed E-state index contributed by atoms with van der Waals surface area (Å²) < 4.78 is 6.67. The predicted molar refractivity (Wildman–Crippen MR) is 93.2 cm³/mol. The zero-order valence-corrected chi connectivity index (χ0v) is 16.3. The quantitative estimate of drug-likeness (QED) is 0.613. The summed E-state index contributed by atoms with van der Waals surface area (Å²) in [6.45, 7) is 19.6. The Balaban J connectivity index is 2.29. The second-order valence-electron chi connectivity index (χ2n) is 9.48. The van der Waals surface area contributed by atoms with E-state index in [-0.39, 0.29) is 29.1 Å². The van der Waals surface area contributed by atoms with Gasteiger partial charge in [-0.05, 0) is 35.4 Å². The maximum atomic E-state index is 11.0. The molecule has 0 aromatic carbocycles. The van der Waals surface area contributed by atoms with E-state index in [9.17, 15) is 10.2 Å². The van der Waals surface area contributed by atoms with Gasteiger partial charge in [0.15, 0.2) is 8.32 Å². The molecule has 0 saturated heterocycles. The molecule has 0 bridgehead atoms. The molecule has 2 aliphatic rings. The fraction of sp³-hybridized carbons (Fsp3) is 0.889. The van der Waals surface area contributed by atoms with E-state index in [1.807, 2.05) is 0 Å². The van der Waals surface area contributed by atoms with E-state index in [2.05, 4.69) is 54.3 Å². The van der Waals surface area contributed by atoms with Crippen molar-refractivity contribution >= 4 is 8.32 Å². The summed E-state index contributed by atoms with van der Waals surface area (Å²) in [5.74, 6) is 0.618. The van der Waals surface area contributed by atoms with Gasteiger partial charge in [0.2, 0.25) is 0 Å². The lowest BCUT2D eigenvalue weighted by Gasteiger charge is -2.45. The summed E-state index contributed by atoms with van der Waals surface area (Å²) in [7, 11) is -1.89. The van der Waals surface area contributed by atoms with Crippen LogP contribution in [0.2, 0.25) is 18.1 Å². The van der Waals surface area contributed by atoms with Crippen LogP contribution in [0.15, 0.2) is 12.7 Å². The van der Waals surface area contributed by atoms with Crippen molar-refractivity contribution in [1.29, 1.82) is 0 Å². The molecule has 2 rings (SSSR count). The third-order valence-corrected chi connectivity index (χ3v) is 11.3. The highest BCUT2D eigenvalue weighted by Crippen LogP contribution is 2.69. The second kappa shape index (κ2) is 5.17. The molecule has 128 valence electrons. The Labute approximate surface area is 136 Å². The second-order valence-corrected chi connectivity index (χ2v) is 14.2. The lowest BCUT2D eigenvalue weighted by atomic mass is 9.74. The largest absolute Gasteiger partial charge is 0.414 e. The van der Waals surface area contributed by atoms with Crippen LogP contribution < -0.4 is 0 Å². The third kappa shape index (κ3) is 2.62. The van der Waals surface area contributed by atoms with Gasteiger partial charge < -0.3 is 14.6 Å².